The van der Waals surface area contributed by atoms with Crippen molar-refractivity contribution in [3.8, 4) is 0 Å². The summed E-state index contributed by atoms with van der Waals surface area (Å²) in [5.74, 6) is -3.57. The molecule has 6 bridgehead atoms. The van der Waals surface area contributed by atoms with E-state index < -0.39 is 276 Å². The molecule has 21 heterocycles. The van der Waals surface area contributed by atoms with E-state index in [1.54, 1.807) is 0 Å². The van der Waals surface area contributed by atoms with Gasteiger partial charge in [-0.2, -0.15) is 0 Å². The Morgan fingerprint density at radius 1 is 0.309 bits per heavy atom. The summed E-state index contributed by atoms with van der Waals surface area (Å²) in [6.45, 7) is -2.57. The number of fused-ring (bicyclic) bond motifs is 15. The zero-order chi connectivity index (χ0) is 98.3. The molecule has 30 unspecified atom stereocenters. The minimum absolute atomic E-state index is 0.00178. The highest BCUT2D eigenvalue weighted by Crippen LogP contribution is 2.60. The number of rotatable bonds is 10. The van der Waals surface area contributed by atoms with Crippen LogP contribution < -0.4 is 33.9 Å². The van der Waals surface area contributed by atoms with Gasteiger partial charge in [-0.25, -0.2) is 102 Å². The third-order valence-electron chi connectivity index (χ3n) is 23.8. The third kappa shape index (κ3) is 19.0. The molecule has 21 N–H and O–H groups in total. The number of nitrogen functional groups attached to an aromatic ring is 3. The van der Waals surface area contributed by atoms with Crippen LogP contribution in [0.5, 0.6) is 0 Å². The average molecular weight is 2080 g/mol. The number of anilines is 3. The number of ether oxygens (including phenoxy) is 6. The number of hydrogen-bond donors (Lipinski definition) is 18. The molecule has 0 amide bonds. The Hall–Kier alpha value is -9.72. The molecule has 0 aromatic carbocycles. The summed E-state index contributed by atoms with van der Waals surface area (Å²) in [6.07, 6.45) is -17.4. The zero-order valence-electron chi connectivity index (χ0n) is 71.3. The van der Waals surface area contributed by atoms with E-state index in [1.807, 2.05) is 0 Å². The molecule has 72 heteroatoms. The van der Waals surface area contributed by atoms with Crippen LogP contribution >= 0.6 is 46.9 Å². The number of phosphoric ester groups is 6. The molecule has 12 aromatic heterocycles. The molecule has 750 valence electrons. The van der Waals surface area contributed by atoms with Crippen molar-refractivity contribution in [3.63, 3.8) is 0 Å². The molecule has 9 fully saturated rings. The van der Waals surface area contributed by atoms with Gasteiger partial charge in [-0.15, -0.1) is 0 Å². The Morgan fingerprint density at radius 3 is 0.899 bits per heavy atom. The van der Waals surface area contributed by atoms with E-state index in [9.17, 15) is 102 Å². The first kappa shape index (κ1) is 98.1. The number of aliphatic hydroxyl groups excluding tert-OH is 6. The highest BCUT2D eigenvalue weighted by Gasteiger charge is 2.60. The van der Waals surface area contributed by atoms with Crippen LogP contribution in [0.3, 0.4) is 0 Å². The molecule has 66 nitrogen and oxygen atoms in total. The van der Waals surface area contributed by atoms with Crippen molar-refractivity contribution in [1.29, 1.82) is 0 Å². The van der Waals surface area contributed by atoms with E-state index in [0.717, 1.165) is 12.7 Å². The maximum absolute atomic E-state index is 13.4. The second-order valence-electron chi connectivity index (χ2n) is 32.4. The molecule has 12 aromatic rings. The molecule has 9 aliphatic rings. The van der Waals surface area contributed by atoms with Crippen molar-refractivity contribution >= 4 is 131 Å². The normalized spacial score (nSPS) is 37.0. The van der Waals surface area contributed by atoms with Crippen LogP contribution in [0.2, 0.25) is 0 Å². The van der Waals surface area contributed by atoms with Gasteiger partial charge in [0.2, 0.25) is 0 Å². The maximum Gasteiger partial charge on any atom is 0.472 e. The third-order valence-corrected chi connectivity index (χ3v) is 29.7. The maximum atomic E-state index is 13.4. The topological polar surface area (TPSA) is 911 Å². The highest BCUT2D eigenvalue weighted by molar-refractivity contribution is 7.48. The Kier molecular flexibility index (Phi) is 26.7. The number of aliphatic hydroxyl groups is 6. The van der Waals surface area contributed by atoms with Gasteiger partial charge in [0.25, 0.3) is 16.7 Å². The van der Waals surface area contributed by atoms with Crippen molar-refractivity contribution in [2.24, 2.45) is 23.7 Å². The lowest BCUT2D eigenvalue weighted by molar-refractivity contribution is -0.0672. The fourth-order valence-electron chi connectivity index (χ4n) is 17.5. The molecular weight excluding hydrogens is 1990 g/mol. The van der Waals surface area contributed by atoms with Gasteiger partial charge in [0.1, 0.15) is 139 Å². The lowest BCUT2D eigenvalue weighted by Crippen LogP contribution is -2.36. The average Bonchev–Trinajstić information content (AvgIpc) is 1.62. The number of nitrogens with two attached hydrogens (primary N) is 3. The summed E-state index contributed by atoms with van der Waals surface area (Å²) in [4.78, 5) is 171. The minimum Gasteiger partial charge on any atom is -0.396 e. The fourth-order valence-corrected chi connectivity index (χ4v) is 23.3. The Labute approximate surface area is 771 Å². The summed E-state index contributed by atoms with van der Waals surface area (Å²) in [6, 6.07) is 0. The predicted molar refractivity (Wildman–Crippen MR) is 450 cm³/mol. The number of nitrogens with zero attached hydrogens (tertiary/aromatic N) is 21. The molecule has 139 heavy (non-hydrogen) atoms. The van der Waals surface area contributed by atoms with Gasteiger partial charge in [-0.3, -0.25) is 96.1 Å². The van der Waals surface area contributed by atoms with Crippen LogP contribution in [-0.2, 0) is 110 Å². The molecule has 0 saturated carbocycles. The van der Waals surface area contributed by atoms with Crippen LogP contribution in [0.15, 0.2) is 71.3 Å². The van der Waals surface area contributed by atoms with Crippen LogP contribution in [0.4, 0.5) is 17.5 Å². The first-order valence-corrected chi connectivity index (χ1v) is 50.3. The number of H-pyrrole nitrogens is 3. The summed E-state index contributed by atoms with van der Waals surface area (Å²) < 4.78 is 188. The second-order valence-corrected chi connectivity index (χ2v) is 40.9. The molecular formula is C67H83N27O39P6. The van der Waals surface area contributed by atoms with Crippen molar-refractivity contribution in [3.05, 3.63) is 105 Å². The van der Waals surface area contributed by atoms with Gasteiger partial charge in [0, 0.05) is 11.8 Å². The molecule has 0 spiro atoms. The van der Waals surface area contributed by atoms with E-state index in [-0.39, 0.29) is 102 Å². The summed E-state index contributed by atoms with van der Waals surface area (Å²) in [7, 11) is -30.2. The lowest BCUT2D eigenvalue weighted by atomic mass is 9.99. The number of aryl methyl sites for hydroxylation is 3. The van der Waals surface area contributed by atoms with E-state index >= 15 is 0 Å². The SMILES string of the molecule is Cc1nc2c(ncn2C2OC3COP(=O)(O)OC4C(COP(=O)(O)OC2C3CO)OC(n2cnc3c(N)ncnc32)C4CO)c(=O)[nH]1.Cc1nc2c(ncn2C2OC3COP(=O)(O)OC4C(COP(=O)(O)OC2C3CO)OC(n2cnc3c(N)ncnc32)C4O)c(=O)[nH]1.Cc1nc2c(ncn2C2OC3COP(=O)(O)OC4C(COP(=O)(O)OC2C3O)OC(n2cnc3c(N)ncnc32)C4CO)c(=O)[nH]1. The largest absolute Gasteiger partial charge is 0.472 e. The molecule has 0 radical (unpaired) electrons. The number of phosphoric acid groups is 6. The van der Waals surface area contributed by atoms with Crippen molar-refractivity contribution in [2.45, 2.75) is 144 Å². The lowest BCUT2D eigenvalue weighted by Gasteiger charge is -2.26. The number of aromatic nitrogens is 24. The van der Waals surface area contributed by atoms with E-state index in [1.165, 1.54) is 92.5 Å². The van der Waals surface area contributed by atoms with Crippen LogP contribution in [0.1, 0.15) is 54.8 Å². The smallest absolute Gasteiger partial charge is 0.396 e. The molecule has 9 aliphatic heterocycles. The summed E-state index contributed by atoms with van der Waals surface area (Å²) in [5, 5.41) is 63.5. The molecule has 21 rings (SSSR count). The number of aromatic amines is 3. The van der Waals surface area contributed by atoms with Crippen molar-refractivity contribution in [2.75, 3.05) is 83.3 Å². The van der Waals surface area contributed by atoms with Gasteiger partial charge in [-0.05, 0) is 20.8 Å². The highest BCUT2D eigenvalue weighted by atomic mass is 31.2. The molecule has 9 saturated heterocycles. The van der Waals surface area contributed by atoms with Gasteiger partial charge >= 0.3 is 46.9 Å². The molecule has 30 atom stereocenters. The molecule has 0 aliphatic carbocycles. The standard InChI is InChI=1S/C23H29N9O13P2.2C22H27N9O13P2/c1-9-29-20-15(21(35)30-9)28-8-32(20)23-17-10(2-33)12(42-23)4-40-46(36,37)44-16-11(3-34)22(43-13(16)5-41-47(38,39)45-17)31-7-27-14-18(24)25-6-26-19(14)31;1-8-28-19-13(20(34)29-8)27-7-31(19)22-16-14(33)10(41-22)3-39-45(35,36)43-15-9(2-32)21(42-11(15)4-40-46(37,38)44-16)30-6-26-12-17(23)24-5-25-18(12)30;1-8-28-19-13(20(34)29-8)27-7-31(19)22-15-9(2-32)10(41-22)3-39-46(37,38)44-16-11(4-40-45(35,36)43-15)42-21(14(16)33)30-6-26-12-17(23)24-5-25-18(12)30/h6-8,10-13,16-17,22-23,33-34H,2-5H2,1H3,(H,36,37)(H,38,39)(H2,24,25,26)(H,29,30,35);2*5-7,9-11,14-16,21-22,32-33H,2-4H2,1H3,(H,35,36)(H,37,38)(H2,23,24,25)(H,28,29,34). The summed E-state index contributed by atoms with van der Waals surface area (Å²) in [5.41, 5.74) is 17.0. The van der Waals surface area contributed by atoms with Gasteiger partial charge in [-0.1, -0.05) is 0 Å². The van der Waals surface area contributed by atoms with Crippen LogP contribution in [0, 0.1) is 44.4 Å². The minimum atomic E-state index is -5.08. The number of nitrogens with one attached hydrogen (secondary N) is 3. The zero-order valence-corrected chi connectivity index (χ0v) is 76.7. The van der Waals surface area contributed by atoms with E-state index in [2.05, 4.69) is 89.7 Å². The number of imidazole rings is 6. The van der Waals surface area contributed by atoms with Crippen molar-refractivity contribution in [1.82, 2.24) is 117 Å². The van der Waals surface area contributed by atoms with Gasteiger partial charge < -0.3 is 121 Å². The first-order chi connectivity index (χ1) is 66.1. The van der Waals surface area contributed by atoms with Crippen molar-refractivity contribution < 1.29 is 170 Å². The van der Waals surface area contributed by atoms with Gasteiger partial charge in [0.15, 0.2) is 92.8 Å². The van der Waals surface area contributed by atoms with E-state index in [0.29, 0.717) is 0 Å². The monoisotopic (exact) mass is 2080 g/mol. The Balaban J connectivity index is 0.000000133. The predicted octanol–water partition coefficient (Wildman–Crippen LogP) is -3.86. The second kappa shape index (κ2) is 37.9. The van der Waals surface area contributed by atoms with E-state index in [4.69, 9.17) is 99.9 Å². The summed E-state index contributed by atoms with van der Waals surface area (Å²) >= 11 is 0. The Bertz CT molecular complexity index is 7190. The van der Waals surface area contributed by atoms with Crippen LogP contribution in [0.25, 0.3) is 67.0 Å². The first-order valence-electron chi connectivity index (χ1n) is 41.4. The fraction of sp³-hybridized carbons (Fsp3) is 0.552. The Morgan fingerprint density at radius 2 is 0.561 bits per heavy atom. The number of hydrogen-bond acceptors (Lipinski definition) is 51. The van der Waals surface area contributed by atoms with Gasteiger partial charge in [0.05, 0.1) is 128 Å². The quantitative estimate of drug-likeness (QED) is 0.0583. The van der Waals surface area contributed by atoms with Crippen LogP contribution in [-0.4, -0.2) is 329 Å².